The van der Waals surface area contributed by atoms with E-state index in [1.807, 2.05) is 0 Å². The molecule has 1 heterocycles. The maximum atomic E-state index is 11.2. The van der Waals surface area contributed by atoms with E-state index in [1.165, 1.54) is 12.1 Å². The first-order valence-corrected chi connectivity index (χ1v) is 3.58. The van der Waals surface area contributed by atoms with Gasteiger partial charge in [0.2, 0.25) is 0 Å². The highest BCUT2D eigenvalue weighted by atomic mass is 16.3. The van der Waals surface area contributed by atoms with Gasteiger partial charge in [0, 0.05) is 12.3 Å². The first kappa shape index (κ1) is 6.91. The molecular weight excluding hydrogens is 154 g/mol. The Morgan fingerprint density at radius 2 is 2.08 bits per heavy atom. The van der Waals surface area contributed by atoms with E-state index in [0.29, 0.717) is 10.9 Å². The molecule has 2 rings (SSSR count). The number of nitrogens with one attached hydrogen (secondary N) is 1. The molecule has 0 saturated heterocycles. The van der Waals surface area contributed by atoms with Crippen molar-refractivity contribution in [2.24, 2.45) is 0 Å². The number of hydrogen-bond donors (Lipinski definition) is 2. The zero-order valence-corrected chi connectivity index (χ0v) is 6.24. The van der Waals surface area contributed by atoms with Gasteiger partial charge in [-0.25, -0.2) is 0 Å². The molecular formula is C9H7NO2. The van der Waals surface area contributed by atoms with Crippen molar-refractivity contribution in [3.63, 3.8) is 0 Å². The van der Waals surface area contributed by atoms with E-state index in [1.54, 1.807) is 18.3 Å². The summed E-state index contributed by atoms with van der Waals surface area (Å²) in [4.78, 5) is 14.1. The highest BCUT2D eigenvalue weighted by Crippen LogP contribution is 2.17. The lowest BCUT2D eigenvalue weighted by Gasteiger charge is -1.97. The van der Waals surface area contributed by atoms with Gasteiger partial charge >= 0.3 is 0 Å². The van der Waals surface area contributed by atoms with Crippen LogP contribution in [0, 0.1) is 0 Å². The van der Waals surface area contributed by atoms with Crippen LogP contribution in [0.15, 0.2) is 35.3 Å². The Hall–Kier alpha value is -1.77. The second-order valence-corrected chi connectivity index (χ2v) is 2.54. The van der Waals surface area contributed by atoms with Crippen molar-refractivity contribution >= 4 is 10.9 Å². The molecule has 0 bridgehead atoms. The fourth-order valence-electron chi connectivity index (χ4n) is 1.21. The second kappa shape index (κ2) is 2.37. The van der Waals surface area contributed by atoms with Crippen molar-refractivity contribution in [2.45, 2.75) is 0 Å². The summed E-state index contributed by atoms with van der Waals surface area (Å²) in [6, 6.07) is 6.32. The maximum absolute atomic E-state index is 11.2. The van der Waals surface area contributed by atoms with Gasteiger partial charge in [-0.15, -0.1) is 0 Å². The van der Waals surface area contributed by atoms with Crippen LogP contribution >= 0.6 is 0 Å². The third kappa shape index (κ3) is 0.871. The van der Waals surface area contributed by atoms with E-state index < -0.39 is 0 Å². The SMILES string of the molecule is O=c1cc[nH]c2cccc(O)c12. The predicted octanol–water partition coefficient (Wildman–Crippen LogP) is 1.23. The lowest BCUT2D eigenvalue weighted by Crippen LogP contribution is -1.99. The van der Waals surface area contributed by atoms with Crippen LogP contribution in [0.5, 0.6) is 5.75 Å². The normalized spacial score (nSPS) is 10.3. The Labute approximate surface area is 68.3 Å². The van der Waals surface area contributed by atoms with Crippen LogP contribution in [0.2, 0.25) is 0 Å². The average Bonchev–Trinajstić information content (AvgIpc) is 2.04. The zero-order valence-electron chi connectivity index (χ0n) is 6.24. The number of phenolic OH excluding ortho intramolecular Hbond substituents is 1. The minimum Gasteiger partial charge on any atom is -0.507 e. The van der Waals surface area contributed by atoms with Gasteiger partial charge in [0.25, 0.3) is 0 Å². The van der Waals surface area contributed by atoms with Crippen LogP contribution in [0.1, 0.15) is 0 Å². The van der Waals surface area contributed by atoms with Crippen LogP contribution in [0.25, 0.3) is 10.9 Å². The summed E-state index contributed by atoms with van der Waals surface area (Å²) in [5, 5.41) is 9.68. The largest absolute Gasteiger partial charge is 0.507 e. The van der Waals surface area contributed by atoms with E-state index in [-0.39, 0.29) is 11.2 Å². The van der Waals surface area contributed by atoms with Gasteiger partial charge in [-0.1, -0.05) is 6.07 Å². The van der Waals surface area contributed by atoms with Gasteiger partial charge < -0.3 is 10.1 Å². The molecule has 0 aliphatic rings. The molecule has 3 heteroatoms. The standard InChI is InChI=1S/C9H7NO2/c11-7-3-1-2-6-9(7)8(12)4-5-10-6/h1-5,11H,(H,10,12). The first-order valence-electron chi connectivity index (χ1n) is 3.58. The van der Waals surface area contributed by atoms with Crippen molar-refractivity contribution in [1.29, 1.82) is 0 Å². The first-order chi connectivity index (χ1) is 5.79. The number of aromatic nitrogens is 1. The topological polar surface area (TPSA) is 53.1 Å². The highest BCUT2D eigenvalue weighted by Gasteiger charge is 2.01. The van der Waals surface area contributed by atoms with Crippen molar-refractivity contribution in [1.82, 2.24) is 4.98 Å². The summed E-state index contributed by atoms with van der Waals surface area (Å²) in [5.41, 5.74) is 0.490. The number of aromatic amines is 1. The highest BCUT2D eigenvalue weighted by molar-refractivity contribution is 5.84. The molecule has 12 heavy (non-hydrogen) atoms. The smallest absolute Gasteiger partial charge is 0.193 e. The molecule has 3 nitrogen and oxygen atoms in total. The molecule has 0 fully saturated rings. The Balaban J connectivity index is 3.07. The van der Waals surface area contributed by atoms with Gasteiger partial charge in [0.15, 0.2) is 5.43 Å². The molecule has 0 unspecified atom stereocenters. The molecule has 2 aromatic rings. The Kier molecular flexibility index (Phi) is 1.37. The van der Waals surface area contributed by atoms with Crippen molar-refractivity contribution < 1.29 is 5.11 Å². The van der Waals surface area contributed by atoms with E-state index in [4.69, 9.17) is 0 Å². The minimum absolute atomic E-state index is 0.0225. The zero-order chi connectivity index (χ0) is 8.55. The summed E-state index contributed by atoms with van der Waals surface area (Å²) in [5.74, 6) is 0.0225. The number of H-pyrrole nitrogens is 1. The number of hydrogen-bond acceptors (Lipinski definition) is 2. The van der Waals surface area contributed by atoms with Crippen molar-refractivity contribution in [3.05, 3.63) is 40.7 Å². The number of pyridine rings is 1. The van der Waals surface area contributed by atoms with Crippen LogP contribution in [0.3, 0.4) is 0 Å². The minimum atomic E-state index is -0.165. The van der Waals surface area contributed by atoms with Gasteiger partial charge in [-0.3, -0.25) is 4.79 Å². The fraction of sp³-hybridized carbons (Fsp3) is 0. The lowest BCUT2D eigenvalue weighted by molar-refractivity contribution is 0.481. The Morgan fingerprint density at radius 1 is 1.25 bits per heavy atom. The Bertz CT molecular complexity index is 468. The van der Waals surface area contributed by atoms with Crippen LogP contribution in [-0.2, 0) is 0 Å². The molecule has 0 spiro atoms. The molecule has 0 amide bonds. The molecule has 2 N–H and O–H groups in total. The number of phenols is 1. The molecule has 1 aromatic heterocycles. The third-order valence-electron chi connectivity index (χ3n) is 1.76. The van der Waals surface area contributed by atoms with Gasteiger partial charge in [-0.05, 0) is 12.1 Å². The van der Waals surface area contributed by atoms with Crippen molar-refractivity contribution in [2.75, 3.05) is 0 Å². The van der Waals surface area contributed by atoms with E-state index >= 15 is 0 Å². The number of benzene rings is 1. The summed E-state index contributed by atoms with van der Waals surface area (Å²) >= 11 is 0. The predicted molar refractivity (Wildman–Crippen MR) is 46.2 cm³/mol. The molecule has 1 aromatic carbocycles. The third-order valence-corrected chi connectivity index (χ3v) is 1.76. The number of fused-ring (bicyclic) bond motifs is 1. The molecule has 0 aliphatic heterocycles. The molecule has 0 aliphatic carbocycles. The van der Waals surface area contributed by atoms with Crippen molar-refractivity contribution in [3.8, 4) is 5.75 Å². The quantitative estimate of drug-likeness (QED) is 0.610. The van der Waals surface area contributed by atoms with E-state index in [2.05, 4.69) is 4.98 Å². The summed E-state index contributed by atoms with van der Waals surface area (Å²) in [7, 11) is 0. The average molecular weight is 161 g/mol. The van der Waals surface area contributed by atoms with E-state index in [0.717, 1.165) is 0 Å². The molecule has 0 atom stereocenters. The number of rotatable bonds is 0. The van der Waals surface area contributed by atoms with Gasteiger partial charge in [-0.2, -0.15) is 0 Å². The van der Waals surface area contributed by atoms with Crippen LogP contribution in [0.4, 0.5) is 0 Å². The molecule has 0 saturated carbocycles. The second-order valence-electron chi connectivity index (χ2n) is 2.54. The molecule has 0 radical (unpaired) electrons. The fourth-order valence-corrected chi connectivity index (χ4v) is 1.21. The van der Waals surface area contributed by atoms with Crippen LogP contribution < -0.4 is 5.43 Å². The maximum Gasteiger partial charge on any atom is 0.193 e. The van der Waals surface area contributed by atoms with Gasteiger partial charge in [0.1, 0.15) is 5.75 Å². The number of aromatic hydroxyl groups is 1. The Morgan fingerprint density at radius 3 is 2.83 bits per heavy atom. The van der Waals surface area contributed by atoms with E-state index in [9.17, 15) is 9.90 Å². The summed E-state index contributed by atoms with van der Waals surface area (Å²) < 4.78 is 0. The monoisotopic (exact) mass is 161 g/mol. The molecule has 60 valence electrons. The van der Waals surface area contributed by atoms with Crippen LogP contribution in [-0.4, -0.2) is 10.1 Å². The summed E-state index contributed by atoms with van der Waals surface area (Å²) in [6.07, 6.45) is 1.56. The van der Waals surface area contributed by atoms with Gasteiger partial charge in [0.05, 0.1) is 10.9 Å². The summed E-state index contributed by atoms with van der Waals surface area (Å²) in [6.45, 7) is 0. The lowest BCUT2D eigenvalue weighted by atomic mass is 10.2.